The van der Waals surface area contributed by atoms with E-state index >= 15 is 0 Å². The molecule has 8 nitrogen and oxygen atoms in total. The van der Waals surface area contributed by atoms with Crippen molar-refractivity contribution < 1.29 is 28.3 Å². The van der Waals surface area contributed by atoms with E-state index in [2.05, 4.69) is 10.6 Å². The van der Waals surface area contributed by atoms with E-state index in [0.717, 1.165) is 5.56 Å². The topological polar surface area (TPSA) is 107 Å². The van der Waals surface area contributed by atoms with E-state index in [-0.39, 0.29) is 11.3 Å². The maximum Gasteiger partial charge on any atom is 0.338 e. The molecule has 1 heterocycles. The summed E-state index contributed by atoms with van der Waals surface area (Å²) < 4.78 is 15.3. The van der Waals surface area contributed by atoms with E-state index in [1.807, 2.05) is 0 Å². The van der Waals surface area contributed by atoms with Gasteiger partial charge in [-0.15, -0.1) is 0 Å². The van der Waals surface area contributed by atoms with Gasteiger partial charge in [0.15, 0.2) is 12.4 Å². The first-order valence-corrected chi connectivity index (χ1v) is 9.51. The van der Waals surface area contributed by atoms with E-state index in [0.29, 0.717) is 22.1 Å². The molecule has 0 saturated carbocycles. The van der Waals surface area contributed by atoms with Crippen LogP contribution in [-0.4, -0.2) is 31.5 Å². The Labute approximate surface area is 183 Å². The third-order valence-corrected chi connectivity index (χ3v) is 4.47. The van der Waals surface area contributed by atoms with E-state index in [4.69, 9.17) is 25.5 Å². The van der Waals surface area contributed by atoms with Crippen molar-refractivity contribution in [1.82, 2.24) is 0 Å². The highest BCUT2D eigenvalue weighted by atomic mass is 35.5. The van der Waals surface area contributed by atoms with Crippen LogP contribution in [0.2, 0.25) is 5.02 Å². The molecule has 2 aromatic carbocycles. The lowest BCUT2D eigenvalue weighted by molar-refractivity contribution is -0.119. The number of furan rings is 1. The van der Waals surface area contributed by atoms with Crippen LogP contribution in [0.15, 0.2) is 59.2 Å². The Balaban J connectivity index is 1.62. The van der Waals surface area contributed by atoms with Gasteiger partial charge in [0.1, 0.15) is 5.75 Å². The number of carbonyl (C=O) groups excluding carboxylic acids is 3. The maximum atomic E-state index is 12.4. The Morgan fingerprint density at radius 3 is 2.55 bits per heavy atom. The van der Waals surface area contributed by atoms with E-state index < -0.39 is 24.4 Å². The van der Waals surface area contributed by atoms with Crippen molar-refractivity contribution >= 4 is 40.8 Å². The normalized spacial score (nSPS) is 10.3. The molecule has 3 aromatic rings. The molecular formula is C22H19ClN2O6. The van der Waals surface area contributed by atoms with Crippen molar-refractivity contribution in [3.63, 3.8) is 0 Å². The van der Waals surface area contributed by atoms with Gasteiger partial charge in [-0.25, -0.2) is 4.79 Å². The van der Waals surface area contributed by atoms with Gasteiger partial charge in [0.05, 0.1) is 24.6 Å². The van der Waals surface area contributed by atoms with E-state index in [1.165, 1.54) is 37.6 Å². The average Bonchev–Trinajstić information content (AvgIpc) is 3.29. The van der Waals surface area contributed by atoms with E-state index in [1.54, 1.807) is 31.2 Å². The smallest absolute Gasteiger partial charge is 0.338 e. The van der Waals surface area contributed by atoms with Crippen molar-refractivity contribution in [3.05, 3.63) is 76.7 Å². The summed E-state index contributed by atoms with van der Waals surface area (Å²) in [4.78, 5) is 36.7. The number of esters is 1. The number of anilines is 2. The number of hydrogen-bond donors (Lipinski definition) is 2. The number of rotatable bonds is 7. The standard InChI is InChI=1S/C22H19ClN2O6/c1-13-5-6-14(10-16(13)25-21(27)19-4-3-9-30-19)22(28)31-12-20(26)24-17-11-15(23)7-8-18(17)29-2/h3-11H,12H2,1-2H3,(H,24,26)(H,25,27). The highest BCUT2D eigenvalue weighted by Crippen LogP contribution is 2.27. The summed E-state index contributed by atoms with van der Waals surface area (Å²) in [7, 11) is 1.46. The highest BCUT2D eigenvalue weighted by Gasteiger charge is 2.16. The van der Waals surface area contributed by atoms with Gasteiger partial charge in [0.25, 0.3) is 11.8 Å². The van der Waals surface area contributed by atoms with Crippen molar-refractivity contribution in [3.8, 4) is 5.75 Å². The number of nitrogens with one attached hydrogen (secondary N) is 2. The zero-order valence-corrected chi connectivity index (χ0v) is 17.5. The van der Waals surface area contributed by atoms with Crippen molar-refractivity contribution in [1.29, 1.82) is 0 Å². The zero-order valence-electron chi connectivity index (χ0n) is 16.7. The quantitative estimate of drug-likeness (QED) is 0.528. The van der Waals surface area contributed by atoms with Crippen LogP contribution in [0.3, 0.4) is 0 Å². The predicted octanol–water partition coefficient (Wildman–Crippen LogP) is 4.30. The Bertz CT molecular complexity index is 1110. The lowest BCUT2D eigenvalue weighted by Crippen LogP contribution is -2.21. The number of carbonyl (C=O) groups is 3. The number of hydrogen-bond acceptors (Lipinski definition) is 6. The Kier molecular flexibility index (Phi) is 6.94. The van der Waals surface area contributed by atoms with Crippen LogP contribution in [0.4, 0.5) is 11.4 Å². The second-order valence-corrected chi connectivity index (χ2v) is 6.87. The Morgan fingerprint density at radius 2 is 1.84 bits per heavy atom. The van der Waals surface area contributed by atoms with Gasteiger partial charge in [-0.1, -0.05) is 17.7 Å². The molecule has 9 heteroatoms. The fraction of sp³-hybridized carbons (Fsp3) is 0.136. The van der Waals surface area contributed by atoms with Crippen LogP contribution in [0.1, 0.15) is 26.5 Å². The molecule has 0 atom stereocenters. The van der Waals surface area contributed by atoms with Gasteiger partial charge in [-0.3, -0.25) is 9.59 Å². The molecule has 0 aliphatic carbocycles. The number of aryl methyl sites for hydroxylation is 1. The largest absolute Gasteiger partial charge is 0.495 e. The molecule has 0 spiro atoms. The number of benzene rings is 2. The summed E-state index contributed by atoms with van der Waals surface area (Å²) in [5.74, 6) is -1.18. The number of methoxy groups -OCH3 is 1. The number of halogens is 1. The van der Waals surface area contributed by atoms with Crippen LogP contribution in [0.25, 0.3) is 0 Å². The van der Waals surface area contributed by atoms with Crippen LogP contribution < -0.4 is 15.4 Å². The number of ether oxygens (including phenoxy) is 2. The first-order valence-electron chi connectivity index (χ1n) is 9.13. The zero-order chi connectivity index (χ0) is 22.4. The van der Waals surface area contributed by atoms with Crippen LogP contribution in [-0.2, 0) is 9.53 Å². The third kappa shape index (κ3) is 5.64. The molecule has 160 valence electrons. The molecule has 0 unspecified atom stereocenters. The minimum atomic E-state index is -0.721. The summed E-state index contributed by atoms with van der Waals surface area (Å²) in [6.45, 7) is 1.26. The molecule has 0 aliphatic heterocycles. The molecule has 0 fully saturated rings. The van der Waals surface area contributed by atoms with Crippen molar-refractivity contribution in [2.75, 3.05) is 24.4 Å². The van der Waals surface area contributed by atoms with Gasteiger partial charge in [0.2, 0.25) is 0 Å². The monoisotopic (exact) mass is 442 g/mol. The highest BCUT2D eigenvalue weighted by molar-refractivity contribution is 6.31. The third-order valence-electron chi connectivity index (χ3n) is 4.24. The predicted molar refractivity (Wildman–Crippen MR) is 115 cm³/mol. The molecule has 1 aromatic heterocycles. The average molecular weight is 443 g/mol. The fourth-order valence-corrected chi connectivity index (χ4v) is 2.83. The SMILES string of the molecule is COc1ccc(Cl)cc1NC(=O)COC(=O)c1ccc(C)c(NC(=O)c2ccco2)c1. The van der Waals surface area contributed by atoms with Gasteiger partial charge < -0.3 is 24.5 Å². The van der Waals surface area contributed by atoms with Crippen LogP contribution in [0, 0.1) is 6.92 Å². The summed E-state index contributed by atoms with van der Waals surface area (Å²) >= 11 is 5.93. The summed E-state index contributed by atoms with van der Waals surface area (Å²) in [5, 5.41) is 5.67. The lowest BCUT2D eigenvalue weighted by atomic mass is 10.1. The molecule has 0 aliphatic rings. The molecule has 31 heavy (non-hydrogen) atoms. The second kappa shape index (κ2) is 9.82. The van der Waals surface area contributed by atoms with Crippen molar-refractivity contribution in [2.24, 2.45) is 0 Å². The molecular weight excluding hydrogens is 424 g/mol. The summed E-state index contributed by atoms with van der Waals surface area (Å²) in [6.07, 6.45) is 1.39. The molecule has 0 radical (unpaired) electrons. The van der Waals surface area contributed by atoms with Crippen molar-refractivity contribution in [2.45, 2.75) is 6.92 Å². The Hall–Kier alpha value is -3.78. The van der Waals surface area contributed by atoms with Crippen LogP contribution >= 0.6 is 11.6 Å². The molecule has 2 N–H and O–H groups in total. The van der Waals surface area contributed by atoms with E-state index in [9.17, 15) is 14.4 Å². The molecule has 2 amide bonds. The lowest BCUT2D eigenvalue weighted by Gasteiger charge is -2.12. The minimum Gasteiger partial charge on any atom is -0.495 e. The van der Waals surface area contributed by atoms with Crippen LogP contribution in [0.5, 0.6) is 5.75 Å². The molecule has 0 bridgehead atoms. The first kappa shape index (κ1) is 21.9. The van der Waals surface area contributed by atoms with Gasteiger partial charge in [0, 0.05) is 10.7 Å². The Morgan fingerprint density at radius 1 is 1.03 bits per heavy atom. The fourth-order valence-electron chi connectivity index (χ4n) is 2.65. The van der Waals surface area contributed by atoms with Gasteiger partial charge >= 0.3 is 5.97 Å². The molecule has 3 rings (SSSR count). The maximum absolute atomic E-state index is 12.4. The number of amides is 2. The minimum absolute atomic E-state index is 0.139. The first-order chi connectivity index (χ1) is 14.9. The summed E-state index contributed by atoms with van der Waals surface area (Å²) in [5.41, 5.74) is 1.69. The molecule has 0 saturated heterocycles. The second-order valence-electron chi connectivity index (χ2n) is 6.43. The summed E-state index contributed by atoms with van der Waals surface area (Å²) in [6, 6.07) is 12.5. The van der Waals surface area contributed by atoms with Gasteiger partial charge in [-0.05, 0) is 55.0 Å². The van der Waals surface area contributed by atoms with Gasteiger partial charge in [-0.2, -0.15) is 0 Å².